The zero-order valence-corrected chi connectivity index (χ0v) is 11.4. The Morgan fingerprint density at radius 1 is 1.11 bits per heavy atom. The van der Waals surface area contributed by atoms with E-state index in [0.29, 0.717) is 26.4 Å². The highest BCUT2D eigenvalue weighted by molar-refractivity contribution is 5.47. The van der Waals surface area contributed by atoms with Gasteiger partial charge >= 0.3 is 0 Å². The molecule has 0 spiro atoms. The monoisotopic (exact) mass is 264 g/mol. The van der Waals surface area contributed by atoms with Gasteiger partial charge in [0.1, 0.15) is 0 Å². The summed E-state index contributed by atoms with van der Waals surface area (Å²) < 4.78 is 16.7. The minimum Gasteiger partial charge on any atom is -0.490 e. The van der Waals surface area contributed by atoms with Crippen molar-refractivity contribution in [1.82, 2.24) is 0 Å². The van der Waals surface area contributed by atoms with Gasteiger partial charge in [-0.1, -0.05) is 6.07 Å². The number of fused-ring (bicyclic) bond motifs is 1. The predicted octanol–water partition coefficient (Wildman–Crippen LogP) is 1.89. The minimum atomic E-state index is -0.828. The van der Waals surface area contributed by atoms with Crippen molar-refractivity contribution in [1.29, 1.82) is 0 Å². The molecule has 1 aromatic rings. The molecule has 4 nitrogen and oxygen atoms in total. The maximum Gasteiger partial charge on any atom is 0.161 e. The van der Waals surface area contributed by atoms with Gasteiger partial charge in [-0.3, -0.25) is 0 Å². The zero-order valence-electron chi connectivity index (χ0n) is 11.4. The van der Waals surface area contributed by atoms with Crippen LogP contribution in [0, 0.1) is 0 Å². The van der Waals surface area contributed by atoms with Gasteiger partial charge in [-0.2, -0.15) is 0 Å². The Kier molecular flexibility index (Phi) is 2.95. The van der Waals surface area contributed by atoms with E-state index >= 15 is 0 Å². The van der Waals surface area contributed by atoms with Crippen LogP contribution >= 0.6 is 0 Å². The second-order valence-electron chi connectivity index (χ2n) is 5.85. The third kappa shape index (κ3) is 1.99. The zero-order chi connectivity index (χ0) is 13.5. The van der Waals surface area contributed by atoms with Crippen molar-refractivity contribution < 1.29 is 19.3 Å². The van der Waals surface area contributed by atoms with Gasteiger partial charge in [-0.15, -0.1) is 0 Å². The van der Waals surface area contributed by atoms with E-state index < -0.39 is 5.60 Å². The predicted molar refractivity (Wildman–Crippen MR) is 70.8 cm³/mol. The van der Waals surface area contributed by atoms with Gasteiger partial charge in [0, 0.05) is 6.42 Å². The first-order valence-electron chi connectivity index (χ1n) is 6.73. The fourth-order valence-electron chi connectivity index (χ4n) is 2.64. The van der Waals surface area contributed by atoms with Crippen molar-refractivity contribution in [2.24, 2.45) is 0 Å². The topological polar surface area (TPSA) is 47.9 Å². The third-order valence-electron chi connectivity index (χ3n) is 4.17. The first-order valence-corrected chi connectivity index (χ1v) is 6.73. The Labute approximate surface area is 113 Å². The molecule has 1 fully saturated rings. The van der Waals surface area contributed by atoms with Crippen molar-refractivity contribution in [2.45, 2.75) is 31.3 Å². The van der Waals surface area contributed by atoms with Crippen LogP contribution < -0.4 is 9.47 Å². The van der Waals surface area contributed by atoms with E-state index in [0.717, 1.165) is 23.5 Å². The van der Waals surface area contributed by atoms with Gasteiger partial charge in [-0.25, -0.2) is 0 Å². The summed E-state index contributed by atoms with van der Waals surface area (Å²) in [4.78, 5) is 0. The van der Waals surface area contributed by atoms with Crippen LogP contribution in [0.4, 0.5) is 0 Å². The maximum atomic E-state index is 10.4. The maximum absolute atomic E-state index is 10.4. The molecule has 0 bridgehead atoms. The van der Waals surface area contributed by atoms with Gasteiger partial charge in [0.05, 0.1) is 37.4 Å². The van der Waals surface area contributed by atoms with Crippen molar-refractivity contribution in [2.75, 3.05) is 26.4 Å². The number of ether oxygens (including phenoxy) is 3. The molecule has 1 saturated heterocycles. The van der Waals surface area contributed by atoms with Gasteiger partial charge in [0.2, 0.25) is 0 Å². The molecule has 0 saturated carbocycles. The molecule has 0 amide bonds. The molecule has 0 atom stereocenters. The van der Waals surface area contributed by atoms with Crippen LogP contribution in [-0.2, 0) is 10.2 Å². The smallest absolute Gasteiger partial charge is 0.161 e. The molecule has 1 N–H and O–H groups in total. The highest BCUT2D eigenvalue weighted by Gasteiger charge is 2.51. The summed E-state index contributed by atoms with van der Waals surface area (Å²) in [5.74, 6) is 1.55. The average molecular weight is 264 g/mol. The molecule has 0 radical (unpaired) electrons. The summed E-state index contributed by atoms with van der Waals surface area (Å²) in [6.45, 7) is 6.10. The average Bonchev–Trinajstić information content (AvgIpc) is 2.49. The Morgan fingerprint density at radius 3 is 2.37 bits per heavy atom. The Balaban J connectivity index is 1.99. The van der Waals surface area contributed by atoms with Gasteiger partial charge < -0.3 is 19.3 Å². The molecule has 0 unspecified atom stereocenters. The first-order chi connectivity index (χ1) is 9.03. The van der Waals surface area contributed by atoms with Crippen molar-refractivity contribution >= 4 is 0 Å². The lowest BCUT2D eigenvalue weighted by Gasteiger charge is -2.50. The van der Waals surface area contributed by atoms with E-state index in [4.69, 9.17) is 14.2 Å². The molecule has 2 aliphatic heterocycles. The van der Waals surface area contributed by atoms with Gasteiger partial charge in [-0.05, 0) is 31.5 Å². The molecule has 2 aliphatic rings. The normalized spacial score (nSPS) is 21.4. The van der Waals surface area contributed by atoms with E-state index in [-0.39, 0.29) is 5.41 Å². The summed E-state index contributed by atoms with van der Waals surface area (Å²) in [5, 5.41) is 10.4. The van der Waals surface area contributed by atoms with Crippen molar-refractivity contribution in [3.05, 3.63) is 23.8 Å². The quantitative estimate of drug-likeness (QED) is 0.886. The number of rotatable bonds is 2. The second-order valence-corrected chi connectivity index (χ2v) is 5.85. The lowest BCUT2D eigenvalue weighted by Crippen LogP contribution is -2.60. The van der Waals surface area contributed by atoms with Crippen LogP contribution in [0.2, 0.25) is 0 Å². The van der Waals surface area contributed by atoms with Crippen molar-refractivity contribution in [3.8, 4) is 11.5 Å². The molecule has 3 rings (SSSR count). The molecule has 2 heterocycles. The summed E-state index contributed by atoms with van der Waals surface area (Å²) in [6, 6.07) is 5.93. The molecule has 19 heavy (non-hydrogen) atoms. The van der Waals surface area contributed by atoms with Gasteiger partial charge in [0.25, 0.3) is 0 Å². The molecular weight excluding hydrogens is 244 g/mol. The van der Waals surface area contributed by atoms with Crippen LogP contribution in [0.15, 0.2) is 18.2 Å². The summed E-state index contributed by atoms with van der Waals surface area (Å²) >= 11 is 0. The fraction of sp³-hybridized carbons (Fsp3) is 0.600. The summed E-state index contributed by atoms with van der Waals surface area (Å²) in [7, 11) is 0. The highest BCUT2D eigenvalue weighted by atomic mass is 16.5. The van der Waals surface area contributed by atoms with Crippen LogP contribution in [0.25, 0.3) is 0 Å². The van der Waals surface area contributed by atoms with E-state index in [1.807, 2.05) is 32.0 Å². The molecule has 104 valence electrons. The lowest BCUT2D eigenvalue weighted by molar-refractivity contribution is -0.157. The first kappa shape index (κ1) is 12.8. The molecule has 0 aliphatic carbocycles. The lowest BCUT2D eigenvalue weighted by atomic mass is 9.67. The second kappa shape index (κ2) is 4.39. The van der Waals surface area contributed by atoms with Crippen LogP contribution in [0.3, 0.4) is 0 Å². The fourth-order valence-corrected chi connectivity index (χ4v) is 2.64. The van der Waals surface area contributed by atoms with E-state index in [1.54, 1.807) is 0 Å². The Morgan fingerprint density at radius 2 is 1.79 bits per heavy atom. The largest absolute Gasteiger partial charge is 0.490 e. The number of benzene rings is 1. The third-order valence-corrected chi connectivity index (χ3v) is 4.17. The van der Waals surface area contributed by atoms with E-state index in [2.05, 4.69) is 0 Å². The Hall–Kier alpha value is -1.26. The van der Waals surface area contributed by atoms with Crippen LogP contribution in [0.1, 0.15) is 25.8 Å². The Bertz CT molecular complexity index is 472. The number of hydrogen-bond acceptors (Lipinski definition) is 4. The van der Waals surface area contributed by atoms with Gasteiger partial charge in [0.15, 0.2) is 11.5 Å². The molecule has 0 aromatic heterocycles. The highest BCUT2D eigenvalue weighted by Crippen LogP contribution is 2.44. The standard InChI is InChI=1S/C15H20O4/c1-14(2,16)15(9-17-10-15)11-4-5-12-13(8-11)19-7-3-6-18-12/h4-5,8,16H,3,6-7,9-10H2,1-2H3. The van der Waals surface area contributed by atoms with E-state index in [9.17, 15) is 5.11 Å². The van der Waals surface area contributed by atoms with E-state index in [1.165, 1.54) is 0 Å². The van der Waals surface area contributed by atoms with Crippen LogP contribution in [0.5, 0.6) is 11.5 Å². The molecule has 1 aromatic carbocycles. The van der Waals surface area contributed by atoms with Crippen molar-refractivity contribution in [3.63, 3.8) is 0 Å². The minimum absolute atomic E-state index is 0.350. The molecule has 4 heteroatoms. The molecular formula is C15H20O4. The summed E-state index contributed by atoms with van der Waals surface area (Å²) in [5.41, 5.74) is -0.126. The number of hydrogen-bond donors (Lipinski definition) is 1. The summed E-state index contributed by atoms with van der Waals surface area (Å²) in [6.07, 6.45) is 0.893. The SMILES string of the molecule is CC(C)(O)C1(c2ccc3c(c2)OCCCO3)COC1. The van der Waals surface area contributed by atoms with Crippen LogP contribution in [-0.4, -0.2) is 37.1 Å². The number of aliphatic hydroxyl groups is 1.